The van der Waals surface area contributed by atoms with Crippen LogP contribution in [0, 0.1) is 0 Å². The highest BCUT2D eigenvalue weighted by Crippen LogP contribution is 2.17. The number of nitrogens with one attached hydrogen (secondary N) is 2. The van der Waals surface area contributed by atoms with E-state index < -0.39 is 0 Å². The zero-order valence-electron chi connectivity index (χ0n) is 13.9. The van der Waals surface area contributed by atoms with Crippen molar-refractivity contribution >= 4 is 29.2 Å². The van der Waals surface area contributed by atoms with Crippen LogP contribution in [0.1, 0.15) is 26.5 Å². The summed E-state index contributed by atoms with van der Waals surface area (Å²) in [5.41, 5.74) is 1.28. The van der Waals surface area contributed by atoms with Crippen LogP contribution in [0.25, 0.3) is 0 Å². The molecule has 3 aromatic rings. The number of hydrogen-bond donors (Lipinski definition) is 2. The minimum absolute atomic E-state index is 0.192. The van der Waals surface area contributed by atoms with E-state index in [0.29, 0.717) is 16.4 Å². The molecule has 0 aliphatic carbocycles. The van der Waals surface area contributed by atoms with Gasteiger partial charge in [0, 0.05) is 19.3 Å². The number of nitrogens with zero attached hydrogens (tertiary/aromatic N) is 3. The number of pyridine rings is 1. The predicted octanol–water partition coefficient (Wildman–Crippen LogP) is 2.65. The normalized spacial score (nSPS) is 10.4. The Morgan fingerprint density at radius 3 is 2.62 bits per heavy atom. The van der Waals surface area contributed by atoms with Gasteiger partial charge in [-0.3, -0.25) is 19.3 Å². The first-order chi connectivity index (χ1) is 12.5. The van der Waals surface area contributed by atoms with E-state index in [1.54, 1.807) is 43.6 Å². The second kappa shape index (κ2) is 7.79. The van der Waals surface area contributed by atoms with Crippen molar-refractivity contribution < 1.29 is 9.59 Å². The molecule has 0 unspecified atom stereocenters. The summed E-state index contributed by atoms with van der Waals surface area (Å²) in [6.45, 7) is 0.289. The molecule has 8 heteroatoms. The smallest absolute Gasteiger partial charge is 0.272 e. The summed E-state index contributed by atoms with van der Waals surface area (Å²) < 4.78 is 1.42. The van der Waals surface area contributed by atoms with Crippen LogP contribution in [0.15, 0.2) is 54.7 Å². The molecule has 1 aromatic carbocycles. The van der Waals surface area contributed by atoms with Gasteiger partial charge in [0.1, 0.15) is 5.82 Å². The maximum Gasteiger partial charge on any atom is 0.272 e. The molecule has 0 radical (unpaired) electrons. The molecule has 2 amide bonds. The second-order valence-electron chi connectivity index (χ2n) is 5.48. The Morgan fingerprint density at radius 1 is 1.12 bits per heavy atom. The Hall–Kier alpha value is -3.19. The minimum Gasteiger partial charge on any atom is -0.345 e. The van der Waals surface area contributed by atoms with Gasteiger partial charge in [0.15, 0.2) is 5.69 Å². The third kappa shape index (κ3) is 4.07. The van der Waals surface area contributed by atoms with Crippen molar-refractivity contribution in [1.82, 2.24) is 20.1 Å². The maximum absolute atomic E-state index is 12.3. The standard InChI is InChI=1S/C18H16ClN5O2/c1-24-16(22-17(25)13-7-2-3-8-14(13)19)10-15(23-24)18(26)21-11-12-6-4-5-9-20-12/h2-10H,11H2,1H3,(H,21,26)(H,22,25). The van der Waals surface area contributed by atoms with Gasteiger partial charge in [0.25, 0.3) is 11.8 Å². The average Bonchev–Trinajstić information content (AvgIpc) is 3.01. The van der Waals surface area contributed by atoms with Gasteiger partial charge in [-0.2, -0.15) is 5.10 Å². The van der Waals surface area contributed by atoms with E-state index in [-0.39, 0.29) is 24.1 Å². The molecule has 7 nitrogen and oxygen atoms in total. The lowest BCUT2D eigenvalue weighted by molar-refractivity contribution is 0.0944. The molecule has 0 atom stereocenters. The molecule has 0 spiro atoms. The molecule has 2 N–H and O–H groups in total. The van der Waals surface area contributed by atoms with Gasteiger partial charge in [-0.15, -0.1) is 0 Å². The molecular formula is C18H16ClN5O2. The Labute approximate surface area is 155 Å². The summed E-state index contributed by atoms with van der Waals surface area (Å²) in [6.07, 6.45) is 1.66. The molecule has 0 saturated carbocycles. The predicted molar refractivity (Wildman–Crippen MR) is 98.0 cm³/mol. The number of aryl methyl sites for hydroxylation is 1. The molecule has 0 aliphatic rings. The number of carbonyl (C=O) groups excluding carboxylic acids is 2. The largest absolute Gasteiger partial charge is 0.345 e. The van der Waals surface area contributed by atoms with Crippen molar-refractivity contribution in [2.24, 2.45) is 7.05 Å². The fraction of sp³-hybridized carbons (Fsp3) is 0.111. The van der Waals surface area contributed by atoms with Crippen LogP contribution in [-0.2, 0) is 13.6 Å². The lowest BCUT2D eigenvalue weighted by atomic mass is 10.2. The number of rotatable bonds is 5. The van der Waals surface area contributed by atoms with Gasteiger partial charge in [-0.25, -0.2) is 0 Å². The first kappa shape index (κ1) is 17.6. The summed E-state index contributed by atoms with van der Waals surface area (Å²) >= 11 is 6.03. The molecule has 0 bridgehead atoms. The van der Waals surface area contributed by atoms with Crippen molar-refractivity contribution in [3.8, 4) is 0 Å². The van der Waals surface area contributed by atoms with Crippen LogP contribution in [0.4, 0.5) is 5.82 Å². The number of carbonyl (C=O) groups is 2. The highest BCUT2D eigenvalue weighted by Gasteiger charge is 2.16. The molecule has 0 saturated heterocycles. The number of aromatic nitrogens is 3. The van der Waals surface area contributed by atoms with Crippen molar-refractivity contribution in [2.75, 3.05) is 5.32 Å². The van der Waals surface area contributed by atoms with Crippen molar-refractivity contribution in [3.05, 3.63) is 76.7 Å². The summed E-state index contributed by atoms with van der Waals surface area (Å²) in [7, 11) is 1.64. The Bertz CT molecular complexity index is 940. The molecule has 2 aromatic heterocycles. The summed E-state index contributed by atoms with van der Waals surface area (Å²) in [6, 6.07) is 13.7. The zero-order chi connectivity index (χ0) is 18.5. The van der Waals surface area contributed by atoms with Gasteiger partial charge in [0.2, 0.25) is 0 Å². The zero-order valence-corrected chi connectivity index (χ0v) is 14.7. The molecule has 2 heterocycles. The Kier molecular flexibility index (Phi) is 5.28. The Morgan fingerprint density at radius 2 is 1.88 bits per heavy atom. The SMILES string of the molecule is Cn1nc(C(=O)NCc2ccccn2)cc1NC(=O)c1ccccc1Cl. The molecule has 26 heavy (non-hydrogen) atoms. The van der Waals surface area contributed by atoms with Crippen molar-refractivity contribution in [3.63, 3.8) is 0 Å². The lowest BCUT2D eigenvalue weighted by Gasteiger charge is -2.06. The number of halogens is 1. The maximum atomic E-state index is 12.3. The monoisotopic (exact) mass is 369 g/mol. The third-order valence-corrected chi connectivity index (χ3v) is 3.96. The summed E-state index contributed by atoms with van der Waals surface area (Å²) in [5, 5.41) is 9.92. The fourth-order valence-corrected chi connectivity index (χ4v) is 2.51. The number of amides is 2. The first-order valence-electron chi connectivity index (χ1n) is 7.82. The van der Waals surface area contributed by atoms with Crippen LogP contribution in [-0.4, -0.2) is 26.6 Å². The average molecular weight is 370 g/mol. The molecule has 0 aliphatic heterocycles. The van der Waals surface area contributed by atoms with E-state index in [9.17, 15) is 9.59 Å². The number of hydrogen-bond acceptors (Lipinski definition) is 4. The van der Waals surface area contributed by atoms with E-state index in [0.717, 1.165) is 5.69 Å². The van der Waals surface area contributed by atoms with E-state index in [1.807, 2.05) is 12.1 Å². The molecule has 0 fully saturated rings. The van der Waals surface area contributed by atoms with E-state index in [2.05, 4.69) is 20.7 Å². The van der Waals surface area contributed by atoms with Gasteiger partial charge < -0.3 is 10.6 Å². The third-order valence-electron chi connectivity index (χ3n) is 3.63. The number of anilines is 1. The van der Waals surface area contributed by atoms with Gasteiger partial charge in [-0.1, -0.05) is 29.8 Å². The van der Waals surface area contributed by atoms with Crippen LogP contribution in [0.5, 0.6) is 0 Å². The van der Waals surface area contributed by atoms with E-state index >= 15 is 0 Å². The second-order valence-corrected chi connectivity index (χ2v) is 5.88. The topological polar surface area (TPSA) is 88.9 Å². The first-order valence-corrected chi connectivity index (χ1v) is 8.20. The highest BCUT2D eigenvalue weighted by atomic mass is 35.5. The van der Waals surface area contributed by atoms with Crippen molar-refractivity contribution in [2.45, 2.75) is 6.54 Å². The summed E-state index contributed by atoms with van der Waals surface area (Å²) in [5.74, 6) is -0.346. The Balaban J connectivity index is 1.68. The van der Waals surface area contributed by atoms with Crippen LogP contribution >= 0.6 is 11.6 Å². The highest BCUT2D eigenvalue weighted by molar-refractivity contribution is 6.34. The number of benzene rings is 1. The quantitative estimate of drug-likeness (QED) is 0.723. The van der Waals surface area contributed by atoms with Crippen LogP contribution in [0.2, 0.25) is 5.02 Å². The van der Waals surface area contributed by atoms with Crippen LogP contribution in [0.3, 0.4) is 0 Å². The fourth-order valence-electron chi connectivity index (χ4n) is 2.29. The van der Waals surface area contributed by atoms with Gasteiger partial charge in [-0.05, 0) is 24.3 Å². The lowest BCUT2D eigenvalue weighted by Crippen LogP contribution is -2.23. The van der Waals surface area contributed by atoms with Crippen molar-refractivity contribution in [1.29, 1.82) is 0 Å². The molecule has 3 rings (SSSR count). The molecule has 132 valence electrons. The summed E-state index contributed by atoms with van der Waals surface area (Å²) in [4.78, 5) is 28.7. The van der Waals surface area contributed by atoms with Gasteiger partial charge >= 0.3 is 0 Å². The van der Waals surface area contributed by atoms with E-state index in [4.69, 9.17) is 11.6 Å². The minimum atomic E-state index is -0.376. The van der Waals surface area contributed by atoms with Gasteiger partial charge in [0.05, 0.1) is 22.8 Å². The van der Waals surface area contributed by atoms with Crippen LogP contribution < -0.4 is 10.6 Å². The molecular weight excluding hydrogens is 354 g/mol. The van der Waals surface area contributed by atoms with E-state index in [1.165, 1.54) is 10.7 Å².